The van der Waals surface area contributed by atoms with Gasteiger partial charge in [-0.25, -0.2) is 14.8 Å². The lowest BCUT2D eigenvalue weighted by Crippen LogP contribution is -2.08. The highest BCUT2D eigenvalue weighted by atomic mass is 16.4. The Balaban J connectivity index is 2.43. The molecule has 0 amide bonds. The van der Waals surface area contributed by atoms with Gasteiger partial charge in [0.05, 0.1) is 0 Å². The Bertz CT molecular complexity index is 377. The van der Waals surface area contributed by atoms with Crippen LogP contribution < -0.4 is 0 Å². The van der Waals surface area contributed by atoms with Gasteiger partial charge in [-0.15, -0.1) is 0 Å². The van der Waals surface area contributed by atoms with Gasteiger partial charge in [-0.3, -0.25) is 0 Å². The molecule has 2 rings (SSSR count). The predicted molar refractivity (Wildman–Crippen MR) is 55.1 cm³/mol. The number of hydrogen-bond donors (Lipinski definition) is 1. The van der Waals surface area contributed by atoms with Crippen LogP contribution >= 0.6 is 0 Å². The number of carboxylic acids is 1. The summed E-state index contributed by atoms with van der Waals surface area (Å²) in [5.74, 6) is 0.366. The number of carboxylic acid groups (broad SMARTS) is 1. The summed E-state index contributed by atoms with van der Waals surface area (Å²) in [5.41, 5.74) is 0.944. The number of rotatable bonds is 3. The van der Waals surface area contributed by atoms with Gasteiger partial charge in [0, 0.05) is 11.6 Å². The smallest absolute Gasteiger partial charge is 0.354 e. The molecule has 1 aromatic heterocycles. The zero-order chi connectivity index (χ0) is 11.0. The van der Waals surface area contributed by atoms with Gasteiger partial charge in [-0.1, -0.05) is 13.8 Å². The molecular formula is C11H14N2O2. The van der Waals surface area contributed by atoms with Crippen molar-refractivity contribution in [2.24, 2.45) is 0 Å². The molecule has 1 saturated carbocycles. The number of nitrogens with zero attached hydrogens (tertiary/aromatic N) is 2. The van der Waals surface area contributed by atoms with Gasteiger partial charge in [-0.2, -0.15) is 0 Å². The minimum atomic E-state index is -0.971. The Hall–Kier alpha value is -1.45. The normalized spacial score (nSPS) is 15.7. The molecule has 1 heterocycles. The van der Waals surface area contributed by atoms with Gasteiger partial charge in [0.1, 0.15) is 5.82 Å². The Morgan fingerprint density at radius 3 is 2.60 bits per heavy atom. The van der Waals surface area contributed by atoms with Gasteiger partial charge < -0.3 is 5.11 Å². The molecule has 0 aromatic carbocycles. The third kappa shape index (κ3) is 2.14. The van der Waals surface area contributed by atoms with E-state index in [1.54, 1.807) is 6.07 Å². The third-order valence-corrected chi connectivity index (χ3v) is 2.52. The SMILES string of the molecule is CC(C)c1cc(C(=O)O)nc(C2CC2)n1. The molecule has 1 fully saturated rings. The van der Waals surface area contributed by atoms with Gasteiger partial charge in [0.15, 0.2) is 5.69 Å². The number of aromatic carboxylic acids is 1. The molecule has 0 atom stereocenters. The predicted octanol–water partition coefficient (Wildman–Crippen LogP) is 2.18. The van der Waals surface area contributed by atoms with Crippen LogP contribution in [0, 0.1) is 0 Å². The highest BCUT2D eigenvalue weighted by Crippen LogP contribution is 2.38. The molecule has 80 valence electrons. The summed E-state index contributed by atoms with van der Waals surface area (Å²) >= 11 is 0. The minimum absolute atomic E-state index is 0.121. The molecule has 0 spiro atoms. The second-order valence-electron chi connectivity index (χ2n) is 4.27. The maximum absolute atomic E-state index is 10.9. The standard InChI is InChI=1S/C11H14N2O2/c1-6(2)8-5-9(11(14)15)13-10(12-8)7-3-4-7/h5-7H,3-4H2,1-2H3,(H,14,15). The molecule has 0 radical (unpaired) electrons. The van der Waals surface area contributed by atoms with E-state index in [0.717, 1.165) is 18.5 Å². The van der Waals surface area contributed by atoms with E-state index in [4.69, 9.17) is 5.11 Å². The molecule has 0 unspecified atom stereocenters. The summed E-state index contributed by atoms with van der Waals surface area (Å²) in [7, 11) is 0. The van der Waals surface area contributed by atoms with Crippen molar-refractivity contribution in [2.75, 3.05) is 0 Å². The molecule has 1 N–H and O–H groups in total. The van der Waals surface area contributed by atoms with Crippen LogP contribution in [0.3, 0.4) is 0 Å². The van der Waals surface area contributed by atoms with Gasteiger partial charge in [-0.05, 0) is 24.8 Å². The fraction of sp³-hybridized carbons (Fsp3) is 0.545. The lowest BCUT2D eigenvalue weighted by molar-refractivity contribution is 0.0689. The first-order valence-corrected chi connectivity index (χ1v) is 5.20. The van der Waals surface area contributed by atoms with E-state index >= 15 is 0 Å². The number of aromatic nitrogens is 2. The molecule has 1 aliphatic carbocycles. The molecule has 15 heavy (non-hydrogen) atoms. The van der Waals surface area contributed by atoms with Crippen molar-refractivity contribution in [2.45, 2.75) is 38.5 Å². The summed E-state index contributed by atoms with van der Waals surface area (Å²) in [6.45, 7) is 4.01. The first kappa shape index (κ1) is 10.1. The third-order valence-electron chi connectivity index (χ3n) is 2.52. The molecule has 1 aliphatic rings. The van der Waals surface area contributed by atoms with E-state index in [9.17, 15) is 4.79 Å². The first-order chi connectivity index (χ1) is 7.08. The molecule has 4 nitrogen and oxygen atoms in total. The molecule has 0 bridgehead atoms. The molecule has 0 aliphatic heterocycles. The minimum Gasteiger partial charge on any atom is -0.477 e. The van der Waals surface area contributed by atoms with Crippen LogP contribution in [-0.4, -0.2) is 21.0 Å². The Morgan fingerprint density at radius 2 is 2.13 bits per heavy atom. The van der Waals surface area contributed by atoms with Gasteiger partial charge >= 0.3 is 5.97 Å². The van der Waals surface area contributed by atoms with Crippen molar-refractivity contribution >= 4 is 5.97 Å². The summed E-state index contributed by atoms with van der Waals surface area (Å²) in [5, 5.41) is 8.93. The van der Waals surface area contributed by atoms with E-state index < -0.39 is 5.97 Å². The molecule has 0 saturated heterocycles. The van der Waals surface area contributed by atoms with Crippen LogP contribution in [0.1, 0.15) is 60.5 Å². The van der Waals surface area contributed by atoms with E-state index in [1.165, 1.54) is 0 Å². The number of carbonyl (C=O) groups is 1. The highest BCUT2D eigenvalue weighted by Gasteiger charge is 2.28. The monoisotopic (exact) mass is 206 g/mol. The van der Waals surface area contributed by atoms with E-state index in [0.29, 0.717) is 11.7 Å². The average molecular weight is 206 g/mol. The van der Waals surface area contributed by atoms with E-state index in [2.05, 4.69) is 9.97 Å². The van der Waals surface area contributed by atoms with Crippen molar-refractivity contribution in [3.05, 3.63) is 23.3 Å². The van der Waals surface area contributed by atoms with Crippen LogP contribution in [0.25, 0.3) is 0 Å². The van der Waals surface area contributed by atoms with Crippen LogP contribution in [0.4, 0.5) is 0 Å². The van der Waals surface area contributed by atoms with Crippen molar-refractivity contribution in [1.29, 1.82) is 0 Å². The zero-order valence-corrected chi connectivity index (χ0v) is 8.90. The Morgan fingerprint density at radius 1 is 1.47 bits per heavy atom. The van der Waals surface area contributed by atoms with E-state index in [1.807, 2.05) is 13.8 Å². The zero-order valence-electron chi connectivity index (χ0n) is 8.90. The second kappa shape index (κ2) is 3.61. The van der Waals surface area contributed by atoms with Gasteiger partial charge in [0.2, 0.25) is 0 Å². The topological polar surface area (TPSA) is 63.1 Å². The summed E-state index contributed by atoms with van der Waals surface area (Å²) in [6.07, 6.45) is 2.17. The summed E-state index contributed by atoms with van der Waals surface area (Å²) in [4.78, 5) is 19.4. The lowest BCUT2D eigenvalue weighted by Gasteiger charge is -2.07. The van der Waals surface area contributed by atoms with Crippen molar-refractivity contribution in [3.8, 4) is 0 Å². The van der Waals surface area contributed by atoms with Crippen LogP contribution in [0.15, 0.2) is 6.07 Å². The lowest BCUT2D eigenvalue weighted by atomic mass is 10.1. The average Bonchev–Trinajstić information content (AvgIpc) is 3.00. The number of hydrogen-bond acceptors (Lipinski definition) is 3. The first-order valence-electron chi connectivity index (χ1n) is 5.20. The Labute approximate surface area is 88.4 Å². The second-order valence-corrected chi connectivity index (χ2v) is 4.27. The molecule has 1 aromatic rings. The fourth-order valence-electron chi connectivity index (χ4n) is 1.41. The fourth-order valence-corrected chi connectivity index (χ4v) is 1.41. The summed E-state index contributed by atoms with van der Waals surface area (Å²) in [6, 6.07) is 1.57. The largest absolute Gasteiger partial charge is 0.477 e. The van der Waals surface area contributed by atoms with Gasteiger partial charge in [0.25, 0.3) is 0 Å². The quantitative estimate of drug-likeness (QED) is 0.823. The molecular weight excluding hydrogens is 192 g/mol. The van der Waals surface area contributed by atoms with Crippen molar-refractivity contribution in [3.63, 3.8) is 0 Å². The van der Waals surface area contributed by atoms with E-state index in [-0.39, 0.29) is 11.6 Å². The molecule has 4 heteroatoms. The summed E-state index contributed by atoms with van der Waals surface area (Å²) < 4.78 is 0. The van der Waals surface area contributed by atoms with Crippen molar-refractivity contribution in [1.82, 2.24) is 9.97 Å². The van der Waals surface area contributed by atoms with Crippen LogP contribution in [0.5, 0.6) is 0 Å². The van der Waals surface area contributed by atoms with Crippen LogP contribution in [0.2, 0.25) is 0 Å². The maximum atomic E-state index is 10.9. The maximum Gasteiger partial charge on any atom is 0.354 e. The van der Waals surface area contributed by atoms with Crippen molar-refractivity contribution < 1.29 is 9.90 Å². The Kier molecular flexibility index (Phi) is 2.42. The van der Waals surface area contributed by atoms with Crippen LogP contribution in [-0.2, 0) is 0 Å². The highest BCUT2D eigenvalue weighted by molar-refractivity contribution is 5.85.